The van der Waals surface area contributed by atoms with E-state index in [1.54, 1.807) is 16.9 Å². The molecule has 0 bridgehead atoms. The number of hydrogen-bond acceptors (Lipinski definition) is 5. The zero-order valence-electron chi connectivity index (χ0n) is 14.1. The third-order valence-electron chi connectivity index (χ3n) is 3.99. The number of nitrogens with two attached hydrogens (primary N) is 1. The number of nitrogens with one attached hydrogen (secondary N) is 2. The molecular weight excluding hydrogens is 340 g/mol. The number of H-pyrrole nitrogens is 1. The van der Waals surface area contributed by atoms with E-state index in [-0.39, 0.29) is 12.3 Å². The maximum Gasteiger partial charge on any atom is 0.265 e. The fourth-order valence-electron chi connectivity index (χ4n) is 2.55. The van der Waals surface area contributed by atoms with Crippen LogP contribution in [-0.2, 0) is 18.3 Å². The van der Waals surface area contributed by atoms with Crippen molar-refractivity contribution in [2.75, 3.05) is 5.32 Å². The highest BCUT2D eigenvalue weighted by Gasteiger charge is 2.15. The molecule has 25 heavy (non-hydrogen) atoms. The molecule has 3 aromatic rings. The fraction of sp³-hybridized carbons (Fsp3) is 0.250. The number of carbonyl (C=O) groups is 2. The minimum Gasteiger partial charge on any atom is -0.364 e. The van der Waals surface area contributed by atoms with Gasteiger partial charge >= 0.3 is 0 Å². The van der Waals surface area contributed by atoms with Gasteiger partial charge in [-0.3, -0.25) is 14.3 Å². The van der Waals surface area contributed by atoms with Gasteiger partial charge in [-0.05, 0) is 19.9 Å². The summed E-state index contributed by atoms with van der Waals surface area (Å²) in [5.74, 6) is -0.677. The number of primary amides is 1. The first-order chi connectivity index (χ1) is 11.8. The van der Waals surface area contributed by atoms with E-state index in [1.807, 2.05) is 26.3 Å². The number of aromatic nitrogens is 4. The lowest BCUT2D eigenvalue weighted by atomic mass is 10.1. The van der Waals surface area contributed by atoms with Gasteiger partial charge in [-0.2, -0.15) is 5.10 Å². The number of hydrogen-bond donors (Lipinski definition) is 3. The predicted molar refractivity (Wildman–Crippen MR) is 95.4 cm³/mol. The van der Waals surface area contributed by atoms with E-state index >= 15 is 0 Å². The summed E-state index contributed by atoms with van der Waals surface area (Å²) in [6, 6.07) is 1.63. The number of amides is 2. The van der Waals surface area contributed by atoms with Crippen LogP contribution in [0.25, 0.3) is 11.3 Å². The smallest absolute Gasteiger partial charge is 0.265 e. The maximum absolute atomic E-state index is 12.3. The molecule has 9 heteroatoms. The first-order valence-electron chi connectivity index (χ1n) is 7.58. The second-order valence-electron chi connectivity index (χ2n) is 5.70. The van der Waals surface area contributed by atoms with Crippen molar-refractivity contribution in [2.24, 2.45) is 12.8 Å². The molecule has 2 amide bonds. The van der Waals surface area contributed by atoms with Crippen LogP contribution in [-0.4, -0.2) is 31.6 Å². The van der Waals surface area contributed by atoms with E-state index in [0.29, 0.717) is 16.5 Å². The van der Waals surface area contributed by atoms with E-state index < -0.39 is 5.91 Å². The van der Waals surface area contributed by atoms with E-state index in [2.05, 4.69) is 20.4 Å². The lowest BCUT2D eigenvalue weighted by molar-refractivity contribution is -0.115. The zero-order chi connectivity index (χ0) is 18.1. The Labute approximate surface area is 148 Å². The standard InChI is InChI=1S/C16H18N6O2S/c1-8-11(9(2)22(3)21-8)5-14(23)20-16-19-13(7-25-16)10-4-12(15(17)24)18-6-10/h4,6-7,18H,5H2,1-3H3,(H2,17,24)(H,19,20,23). The minimum atomic E-state index is -0.530. The van der Waals surface area contributed by atoms with Gasteiger partial charge in [0.05, 0.1) is 17.8 Å². The average molecular weight is 358 g/mol. The zero-order valence-corrected chi connectivity index (χ0v) is 14.9. The first kappa shape index (κ1) is 16.9. The molecule has 3 heterocycles. The van der Waals surface area contributed by atoms with Crippen LogP contribution in [0, 0.1) is 13.8 Å². The van der Waals surface area contributed by atoms with E-state index in [0.717, 1.165) is 22.5 Å². The van der Waals surface area contributed by atoms with Crippen LogP contribution < -0.4 is 11.1 Å². The Hall–Kier alpha value is -2.94. The van der Waals surface area contributed by atoms with E-state index in [1.165, 1.54) is 11.3 Å². The molecule has 3 rings (SSSR count). The summed E-state index contributed by atoms with van der Waals surface area (Å²) < 4.78 is 1.77. The number of carbonyl (C=O) groups excluding carboxylic acids is 2. The van der Waals surface area contributed by atoms with Crippen LogP contribution in [0.5, 0.6) is 0 Å². The molecule has 0 aliphatic rings. The molecule has 130 valence electrons. The summed E-state index contributed by atoms with van der Waals surface area (Å²) in [6.07, 6.45) is 1.90. The van der Waals surface area contributed by atoms with Crippen LogP contribution in [0.15, 0.2) is 17.6 Å². The van der Waals surface area contributed by atoms with Gasteiger partial charge in [-0.15, -0.1) is 11.3 Å². The molecule has 0 aromatic carbocycles. The lowest BCUT2D eigenvalue weighted by Gasteiger charge is -2.02. The summed E-state index contributed by atoms with van der Waals surface area (Å²) in [7, 11) is 1.86. The van der Waals surface area contributed by atoms with Crippen molar-refractivity contribution in [2.45, 2.75) is 20.3 Å². The summed E-state index contributed by atoms with van der Waals surface area (Å²) in [6.45, 7) is 3.83. The molecule has 0 saturated heterocycles. The number of aromatic amines is 1. The summed E-state index contributed by atoms with van der Waals surface area (Å²) in [5, 5.41) is 9.43. The average Bonchev–Trinajstić information content (AvgIpc) is 3.24. The van der Waals surface area contributed by atoms with Gasteiger partial charge in [0.25, 0.3) is 5.91 Å². The van der Waals surface area contributed by atoms with Crippen molar-refractivity contribution in [1.29, 1.82) is 0 Å². The molecular formula is C16H18N6O2S. The van der Waals surface area contributed by atoms with Gasteiger partial charge in [0.2, 0.25) is 5.91 Å². The van der Waals surface area contributed by atoms with Crippen molar-refractivity contribution in [3.05, 3.63) is 40.3 Å². The quantitative estimate of drug-likeness (QED) is 0.644. The van der Waals surface area contributed by atoms with Crippen LogP contribution in [0.3, 0.4) is 0 Å². The SMILES string of the molecule is Cc1nn(C)c(C)c1CC(=O)Nc1nc(-c2c[nH]c(C(N)=O)c2)cs1. The summed E-state index contributed by atoms with van der Waals surface area (Å²) >= 11 is 1.32. The molecule has 0 spiro atoms. The predicted octanol–water partition coefficient (Wildman–Crippen LogP) is 1.77. The Morgan fingerprint density at radius 2 is 2.16 bits per heavy atom. The van der Waals surface area contributed by atoms with Gasteiger partial charge < -0.3 is 16.0 Å². The number of rotatable bonds is 5. The van der Waals surface area contributed by atoms with E-state index in [9.17, 15) is 9.59 Å². The van der Waals surface area contributed by atoms with Crippen molar-refractivity contribution >= 4 is 28.3 Å². The van der Waals surface area contributed by atoms with Crippen molar-refractivity contribution < 1.29 is 9.59 Å². The largest absolute Gasteiger partial charge is 0.364 e. The molecule has 0 radical (unpaired) electrons. The summed E-state index contributed by atoms with van der Waals surface area (Å²) in [5.41, 5.74) is 9.69. The highest BCUT2D eigenvalue weighted by atomic mass is 32.1. The number of nitrogens with zero attached hydrogens (tertiary/aromatic N) is 3. The number of thiazole rings is 1. The Morgan fingerprint density at radius 1 is 1.40 bits per heavy atom. The molecule has 4 N–H and O–H groups in total. The van der Waals surface area contributed by atoms with Gasteiger partial charge in [-0.1, -0.05) is 0 Å². The van der Waals surface area contributed by atoms with Crippen molar-refractivity contribution in [3.63, 3.8) is 0 Å². The van der Waals surface area contributed by atoms with Crippen molar-refractivity contribution in [1.82, 2.24) is 19.7 Å². The van der Waals surface area contributed by atoms with Crippen LogP contribution in [0.4, 0.5) is 5.13 Å². The molecule has 0 unspecified atom stereocenters. The Balaban J connectivity index is 1.70. The van der Waals surface area contributed by atoms with Crippen LogP contribution in [0.2, 0.25) is 0 Å². The Bertz CT molecular complexity index is 952. The highest BCUT2D eigenvalue weighted by Crippen LogP contribution is 2.25. The minimum absolute atomic E-state index is 0.146. The molecule has 0 atom stereocenters. The van der Waals surface area contributed by atoms with Gasteiger partial charge in [0.15, 0.2) is 5.13 Å². The molecule has 3 aromatic heterocycles. The molecule has 8 nitrogen and oxygen atoms in total. The summed E-state index contributed by atoms with van der Waals surface area (Å²) in [4.78, 5) is 30.6. The fourth-order valence-corrected chi connectivity index (χ4v) is 3.28. The van der Waals surface area contributed by atoms with Crippen molar-refractivity contribution in [3.8, 4) is 11.3 Å². The topological polar surface area (TPSA) is 119 Å². The number of aryl methyl sites for hydroxylation is 2. The second kappa shape index (κ2) is 6.52. The van der Waals surface area contributed by atoms with Gasteiger partial charge in [0, 0.05) is 35.4 Å². The number of anilines is 1. The second-order valence-corrected chi connectivity index (χ2v) is 6.56. The van der Waals surface area contributed by atoms with Gasteiger partial charge in [0.1, 0.15) is 5.69 Å². The highest BCUT2D eigenvalue weighted by molar-refractivity contribution is 7.14. The molecule has 0 fully saturated rings. The van der Waals surface area contributed by atoms with Crippen LogP contribution in [0.1, 0.15) is 27.4 Å². The van der Waals surface area contributed by atoms with Crippen LogP contribution >= 0.6 is 11.3 Å². The van der Waals surface area contributed by atoms with Gasteiger partial charge in [-0.25, -0.2) is 4.98 Å². The Morgan fingerprint density at radius 3 is 2.76 bits per heavy atom. The molecule has 0 aliphatic carbocycles. The monoisotopic (exact) mass is 358 g/mol. The third kappa shape index (κ3) is 3.45. The maximum atomic E-state index is 12.3. The lowest BCUT2D eigenvalue weighted by Crippen LogP contribution is -2.15. The molecule has 0 saturated carbocycles. The Kier molecular flexibility index (Phi) is 4.41. The normalized spacial score (nSPS) is 10.8. The third-order valence-corrected chi connectivity index (χ3v) is 4.75. The first-order valence-corrected chi connectivity index (χ1v) is 8.46. The van der Waals surface area contributed by atoms with E-state index in [4.69, 9.17) is 5.73 Å². The molecule has 0 aliphatic heterocycles.